The van der Waals surface area contributed by atoms with Crippen LogP contribution in [0, 0.1) is 5.41 Å². The van der Waals surface area contributed by atoms with Gasteiger partial charge in [0, 0.05) is 25.7 Å². The Morgan fingerprint density at radius 1 is 1.20 bits per heavy atom. The molecule has 1 unspecified atom stereocenters. The summed E-state index contributed by atoms with van der Waals surface area (Å²) < 4.78 is 23.4. The van der Waals surface area contributed by atoms with E-state index in [0.717, 1.165) is 19.6 Å². The van der Waals surface area contributed by atoms with E-state index < -0.39 is 9.84 Å². The van der Waals surface area contributed by atoms with Crippen molar-refractivity contribution in [3.63, 3.8) is 0 Å². The SMILES string of the molecule is CNCC1(CN2CCS(=O)(=O)CC2C)CCCCCC1. The first-order valence-corrected chi connectivity index (χ1v) is 9.88. The first-order valence-electron chi connectivity index (χ1n) is 8.05. The highest BCUT2D eigenvalue weighted by atomic mass is 32.2. The van der Waals surface area contributed by atoms with Gasteiger partial charge in [0.15, 0.2) is 9.84 Å². The third-order valence-corrected chi connectivity index (χ3v) is 6.86. The highest BCUT2D eigenvalue weighted by Crippen LogP contribution is 2.36. The van der Waals surface area contributed by atoms with Crippen LogP contribution in [0.25, 0.3) is 0 Å². The molecule has 5 heteroatoms. The molecule has 118 valence electrons. The van der Waals surface area contributed by atoms with Crippen molar-refractivity contribution in [2.45, 2.75) is 51.5 Å². The predicted molar refractivity (Wildman–Crippen MR) is 83.8 cm³/mol. The van der Waals surface area contributed by atoms with Gasteiger partial charge in [-0.05, 0) is 32.2 Å². The van der Waals surface area contributed by atoms with Crippen LogP contribution in [0.5, 0.6) is 0 Å². The lowest BCUT2D eigenvalue weighted by Gasteiger charge is -2.42. The monoisotopic (exact) mass is 302 g/mol. The minimum absolute atomic E-state index is 0.172. The fraction of sp³-hybridized carbons (Fsp3) is 1.00. The second kappa shape index (κ2) is 6.75. The van der Waals surface area contributed by atoms with Crippen LogP contribution in [0.1, 0.15) is 45.4 Å². The zero-order chi connectivity index (χ0) is 14.6. The van der Waals surface area contributed by atoms with Crippen LogP contribution in [0.4, 0.5) is 0 Å². The zero-order valence-electron chi connectivity index (χ0n) is 13.0. The lowest BCUT2D eigenvalue weighted by molar-refractivity contribution is 0.108. The van der Waals surface area contributed by atoms with Gasteiger partial charge in [-0.25, -0.2) is 8.42 Å². The van der Waals surface area contributed by atoms with Crippen LogP contribution in [-0.2, 0) is 9.84 Å². The molecule has 0 radical (unpaired) electrons. The Balaban J connectivity index is 2.04. The van der Waals surface area contributed by atoms with Gasteiger partial charge in [0.2, 0.25) is 0 Å². The summed E-state index contributed by atoms with van der Waals surface area (Å²) in [7, 11) is -0.764. The van der Waals surface area contributed by atoms with Gasteiger partial charge in [-0.3, -0.25) is 4.90 Å². The van der Waals surface area contributed by atoms with Crippen molar-refractivity contribution >= 4 is 9.84 Å². The van der Waals surface area contributed by atoms with Gasteiger partial charge in [0.1, 0.15) is 0 Å². The average Bonchev–Trinajstić information content (AvgIpc) is 2.59. The molecule has 1 saturated heterocycles. The van der Waals surface area contributed by atoms with Crippen molar-refractivity contribution < 1.29 is 8.42 Å². The minimum Gasteiger partial charge on any atom is -0.319 e. The molecule has 2 aliphatic rings. The second-order valence-electron chi connectivity index (χ2n) is 6.88. The summed E-state index contributed by atoms with van der Waals surface area (Å²) in [5.41, 5.74) is 0.348. The van der Waals surface area contributed by atoms with E-state index in [1.807, 2.05) is 7.05 Å². The number of rotatable bonds is 4. The Kier molecular flexibility index (Phi) is 5.49. The molecule has 0 aromatic rings. The van der Waals surface area contributed by atoms with E-state index in [0.29, 0.717) is 16.9 Å². The molecule has 0 spiro atoms. The number of hydrogen-bond donors (Lipinski definition) is 1. The van der Waals surface area contributed by atoms with E-state index in [2.05, 4.69) is 17.1 Å². The largest absolute Gasteiger partial charge is 0.319 e. The first kappa shape index (κ1) is 16.2. The topological polar surface area (TPSA) is 49.4 Å². The summed E-state index contributed by atoms with van der Waals surface area (Å²) in [5.74, 6) is 0.676. The maximum absolute atomic E-state index is 11.7. The van der Waals surface area contributed by atoms with Gasteiger partial charge in [0.05, 0.1) is 11.5 Å². The molecule has 4 nitrogen and oxygen atoms in total. The number of hydrogen-bond acceptors (Lipinski definition) is 4. The van der Waals surface area contributed by atoms with Gasteiger partial charge in [-0.2, -0.15) is 0 Å². The van der Waals surface area contributed by atoms with Crippen molar-refractivity contribution in [3.05, 3.63) is 0 Å². The third-order valence-electron chi connectivity index (χ3n) is 5.06. The molecule has 1 atom stereocenters. The molecule has 0 aromatic carbocycles. The van der Waals surface area contributed by atoms with Crippen LogP contribution in [0.2, 0.25) is 0 Å². The quantitative estimate of drug-likeness (QED) is 0.803. The highest BCUT2D eigenvalue weighted by molar-refractivity contribution is 7.91. The molecule has 0 bridgehead atoms. The van der Waals surface area contributed by atoms with Crippen molar-refractivity contribution in [1.29, 1.82) is 0 Å². The Morgan fingerprint density at radius 2 is 1.85 bits per heavy atom. The number of nitrogens with one attached hydrogen (secondary N) is 1. The Hall–Kier alpha value is -0.130. The molecule has 2 fully saturated rings. The molecule has 1 aliphatic carbocycles. The van der Waals surface area contributed by atoms with Crippen LogP contribution in [0.3, 0.4) is 0 Å². The molecule has 1 N–H and O–H groups in total. The molecule has 1 saturated carbocycles. The van der Waals surface area contributed by atoms with Crippen molar-refractivity contribution in [1.82, 2.24) is 10.2 Å². The third kappa shape index (κ3) is 4.18. The Labute approximate surface area is 124 Å². The van der Waals surface area contributed by atoms with E-state index in [1.165, 1.54) is 38.5 Å². The van der Waals surface area contributed by atoms with Crippen LogP contribution in [0.15, 0.2) is 0 Å². The molecule has 1 heterocycles. The zero-order valence-corrected chi connectivity index (χ0v) is 13.8. The van der Waals surface area contributed by atoms with Gasteiger partial charge in [0.25, 0.3) is 0 Å². The summed E-state index contributed by atoms with van der Waals surface area (Å²) in [4.78, 5) is 2.42. The van der Waals surface area contributed by atoms with E-state index >= 15 is 0 Å². The van der Waals surface area contributed by atoms with Gasteiger partial charge in [-0.1, -0.05) is 25.7 Å². The van der Waals surface area contributed by atoms with Crippen molar-refractivity contribution in [2.24, 2.45) is 5.41 Å². The second-order valence-corrected chi connectivity index (χ2v) is 9.11. The molecule has 0 amide bonds. The molecular weight excluding hydrogens is 272 g/mol. The van der Waals surface area contributed by atoms with E-state index in [9.17, 15) is 8.42 Å². The van der Waals surface area contributed by atoms with E-state index in [1.54, 1.807) is 0 Å². The van der Waals surface area contributed by atoms with Gasteiger partial charge < -0.3 is 5.32 Å². The summed E-state index contributed by atoms with van der Waals surface area (Å²) in [5, 5.41) is 3.38. The van der Waals surface area contributed by atoms with Gasteiger partial charge in [-0.15, -0.1) is 0 Å². The Bertz CT molecular complexity index is 400. The Morgan fingerprint density at radius 3 is 2.40 bits per heavy atom. The summed E-state index contributed by atoms with van der Waals surface area (Å²) in [6, 6.07) is 0.172. The molecule has 0 aromatic heterocycles. The summed E-state index contributed by atoms with van der Waals surface area (Å²) >= 11 is 0. The molecule has 20 heavy (non-hydrogen) atoms. The number of nitrogens with zero attached hydrogens (tertiary/aromatic N) is 1. The fourth-order valence-corrected chi connectivity index (χ4v) is 5.57. The van der Waals surface area contributed by atoms with Gasteiger partial charge >= 0.3 is 0 Å². The lowest BCUT2D eigenvalue weighted by Crippen LogP contribution is -2.52. The fourth-order valence-electron chi connectivity index (χ4n) is 3.94. The average molecular weight is 302 g/mol. The van der Waals surface area contributed by atoms with Crippen molar-refractivity contribution in [2.75, 3.05) is 38.2 Å². The normalized spacial score (nSPS) is 30.8. The maximum atomic E-state index is 11.7. The van der Waals surface area contributed by atoms with Crippen LogP contribution >= 0.6 is 0 Å². The summed E-state index contributed by atoms with van der Waals surface area (Å²) in [6.45, 7) is 4.91. The maximum Gasteiger partial charge on any atom is 0.153 e. The summed E-state index contributed by atoms with van der Waals surface area (Å²) in [6.07, 6.45) is 7.92. The van der Waals surface area contributed by atoms with E-state index in [-0.39, 0.29) is 6.04 Å². The molecule has 1 aliphatic heterocycles. The first-order chi connectivity index (χ1) is 9.46. The lowest BCUT2D eigenvalue weighted by atomic mass is 9.79. The van der Waals surface area contributed by atoms with Crippen LogP contribution in [-0.4, -0.2) is 57.5 Å². The minimum atomic E-state index is -2.80. The van der Waals surface area contributed by atoms with E-state index in [4.69, 9.17) is 0 Å². The molecule has 2 rings (SSSR count). The standard InChI is InChI=1S/C15H30N2O2S/c1-14-11-20(18,19)10-9-17(14)13-15(12-16-2)7-5-3-4-6-8-15/h14,16H,3-13H2,1-2H3. The highest BCUT2D eigenvalue weighted by Gasteiger charge is 2.36. The molecular formula is C15H30N2O2S. The van der Waals surface area contributed by atoms with Crippen LogP contribution < -0.4 is 5.32 Å². The predicted octanol–water partition coefficient (Wildman–Crippen LogP) is 1.67. The van der Waals surface area contributed by atoms with Crippen molar-refractivity contribution in [3.8, 4) is 0 Å². The smallest absolute Gasteiger partial charge is 0.153 e. The number of sulfone groups is 1.